The summed E-state index contributed by atoms with van der Waals surface area (Å²) in [6, 6.07) is 14.1. The van der Waals surface area contributed by atoms with Gasteiger partial charge in [0, 0.05) is 5.56 Å². The van der Waals surface area contributed by atoms with E-state index in [9.17, 15) is 0 Å². The van der Waals surface area contributed by atoms with Gasteiger partial charge >= 0.3 is 7.32 Å². The maximum Gasteiger partial charge on any atom is 0.640 e. The quantitative estimate of drug-likeness (QED) is 0.555. The van der Waals surface area contributed by atoms with E-state index >= 15 is 0 Å². The average Bonchev–Trinajstić information content (AvgIpc) is 2.87. The van der Waals surface area contributed by atoms with Crippen molar-refractivity contribution in [2.75, 3.05) is 0 Å². The lowest BCUT2D eigenvalue weighted by molar-refractivity contribution is 0.00578. The van der Waals surface area contributed by atoms with Crippen LogP contribution in [-0.4, -0.2) is 18.5 Å². The summed E-state index contributed by atoms with van der Waals surface area (Å²) in [5.41, 5.74) is 8.11. The van der Waals surface area contributed by atoms with Gasteiger partial charge in [0.1, 0.15) is 11.5 Å². The van der Waals surface area contributed by atoms with Crippen molar-refractivity contribution in [1.29, 1.82) is 10.8 Å². The van der Waals surface area contributed by atoms with Crippen LogP contribution in [0.4, 0.5) is 5.69 Å². The van der Waals surface area contributed by atoms with Gasteiger partial charge in [0.2, 0.25) is 0 Å². The third-order valence-corrected chi connectivity index (χ3v) is 5.00. The van der Waals surface area contributed by atoms with E-state index in [2.05, 4.69) is 11.2 Å². The molecule has 2 aromatic carbocycles. The summed E-state index contributed by atoms with van der Waals surface area (Å²) in [7, 11) is -0.799. The Hall–Kier alpha value is -2.73. The second-order valence-corrected chi connectivity index (χ2v) is 7.50. The molecule has 28 heavy (non-hydrogen) atoms. The number of hydrogen-bond donors (Lipinski definition) is 1. The molecule has 7 nitrogen and oxygen atoms in total. The lowest BCUT2D eigenvalue weighted by Crippen LogP contribution is -2.41. The molecule has 1 N–H and O–H groups in total. The first-order valence-electron chi connectivity index (χ1n) is 8.90. The van der Waals surface area contributed by atoms with Crippen LogP contribution in [0.2, 0.25) is 0 Å². The second-order valence-electron chi connectivity index (χ2n) is 7.50. The van der Waals surface area contributed by atoms with Crippen molar-refractivity contribution in [2.45, 2.75) is 45.5 Å². The normalized spacial score (nSPS) is 17.2. The smallest absolute Gasteiger partial charge is 0.457 e. The minimum Gasteiger partial charge on any atom is -0.457 e. The molecule has 1 fully saturated rings. The molecule has 0 radical (unpaired) electrons. The zero-order chi connectivity index (χ0) is 20.4. The number of nitrogens with one attached hydrogen (secondary N) is 1. The molecule has 144 valence electrons. The Morgan fingerprint density at radius 2 is 1.64 bits per heavy atom. The average molecular weight is 379 g/mol. The summed E-state index contributed by atoms with van der Waals surface area (Å²) >= 11 is 0. The zero-order valence-corrected chi connectivity index (χ0v) is 16.4. The number of hydrogen-bond acceptors (Lipinski definition) is 7. The monoisotopic (exact) mass is 379 g/mol. The molecular weight excluding hydrogens is 357 g/mol. The summed E-state index contributed by atoms with van der Waals surface area (Å²) in [6.45, 7) is 7.96. The summed E-state index contributed by atoms with van der Waals surface area (Å²) in [4.78, 5) is 0. The van der Waals surface area contributed by atoms with E-state index in [4.69, 9.17) is 29.5 Å². The van der Waals surface area contributed by atoms with Gasteiger partial charge in [-0.05, 0) is 70.2 Å². The molecule has 1 saturated heterocycles. The molecule has 0 aromatic heterocycles. The minimum atomic E-state index is -0.799. The molecule has 8 heteroatoms. The van der Waals surface area contributed by atoms with Gasteiger partial charge in [-0.2, -0.15) is 10.4 Å². The fraction of sp³-hybridized carbons (Fsp3) is 0.350. The first-order valence-corrected chi connectivity index (χ1v) is 8.90. The maximum absolute atomic E-state index is 8.87. The van der Waals surface area contributed by atoms with Crippen molar-refractivity contribution in [3.8, 4) is 17.6 Å². The Bertz CT molecular complexity index is 891. The lowest BCUT2D eigenvalue weighted by atomic mass is 9.90. The van der Waals surface area contributed by atoms with Crippen LogP contribution in [-0.2, 0) is 20.6 Å². The molecule has 1 aliphatic heterocycles. The molecule has 0 unspecified atom stereocenters. The lowest BCUT2D eigenvalue weighted by Gasteiger charge is -2.31. The molecule has 0 amide bonds. The van der Waals surface area contributed by atoms with Gasteiger partial charge in [-0.3, -0.25) is 0 Å². The highest BCUT2D eigenvalue weighted by Crippen LogP contribution is 2.37. The molecule has 1 aliphatic rings. The van der Waals surface area contributed by atoms with Crippen molar-refractivity contribution in [3.05, 3.63) is 53.6 Å². The van der Waals surface area contributed by atoms with Gasteiger partial charge in [0.15, 0.2) is 0 Å². The highest BCUT2D eigenvalue weighted by atomic mass is 16.8. The summed E-state index contributed by atoms with van der Waals surface area (Å²) in [6.07, 6.45) is 0. The SMILES string of the molecule is CC1(C)OB(OCc2cc(Oc3ccc(C#N)cc3)ccc2N=N)OC1(C)C. The Labute approximate surface area is 164 Å². The number of nitrogens with zero attached hydrogens (tertiary/aromatic N) is 2. The van der Waals surface area contributed by atoms with Gasteiger partial charge in [0.05, 0.1) is 35.1 Å². The van der Waals surface area contributed by atoms with E-state index in [1.807, 2.05) is 27.7 Å². The predicted molar refractivity (Wildman–Crippen MR) is 103 cm³/mol. The van der Waals surface area contributed by atoms with Gasteiger partial charge in [-0.25, -0.2) is 5.53 Å². The van der Waals surface area contributed by atoms with Crippen molar-refractivity contribution < 1.29 is 18.7 Å². The highest BCUT2D eigenvalue weighted by molar-refractivity contribution is 6.37. The second kappa shape index (κ2) is 7.72. The number of ether oxygens (including phenoxy) is 1. The number of nitriles is 1. The molecule has 3 rings (SSSR count). The van der Waals surface area contributed by atoms with Crippen LogP contribution in [0.15, 0.2) is 47.6 Å². The van der Waals surface area contributed by atoms with E-state index in [1.165, 1.54) is 0 Å². The number of rotatable bonds is 6. The van der Waals surface area contributed by atoms with Crippen LogP contribution in [0.1, 0.15) is 38.8 Å². The highest BCUT2D eigenvalue weighted by Gasteiger charge is 2.52. The van der Waals surface area contributed by atoms with Crippen LogP contribution in [0.5, 0.6) is 11.5 Å². The van der Waals surface area contributed by atoms with Crippen LogP contribution in [0.3, 0.4) is 0 Å². The van der Waals surface area contributed by atoms with Crippen molar-refractivity contribution in [1.82, 2.24) is 0 Å². The van der Waals surface area contributed by atoms with Gasteiger partial charge in [-0.15, -0.1) is 0 Å². The van der Waals surface area contributed by atoms with E-state index in [0.29, 0.717) is 28.3 Å². The molecular formula is C20H22BN3O4. The van der Waals surface area contributed by atoms with E-state index in [1.54, 1.807) is 42.5 Å². The molecule has 1 heterocycles. The summed E-state index contributed by atoms with van der Waals surface area (Å²) in [5.74, 6) is 1.18. The van der Waals surface area contributed by atoms with Crippen LogP contribution in [0, 0.1) is 16.9 Å². The van der Waals surface area contributed by atoms with Crippen molar-refractivity contribution in [2.24, 2.45) is 5.11 Å². The Balaban J connectivity index is 1.71. The topological polar surface area (TPSA) is 96.9 Å². The summed E-state index contributed by atoms with van der Waals surface area (Å²) < 4.78 is 23.2. The Kier molecular flexibility index (Phi) is 5.52. The van der Waals surface area contributed by atoms with E-state index < -0.39 is 18.5 Å². The molecule has 0 bridgehead atoms. The standard InChI is InChI=1S/C20H22BN3O4/c1-19(2)20(3,4)28-21(27-19)25-13-15-11-17(9-10-18(15)24-23)26-16-7-5-14(12-22)6-8-16/h5-11,23H,13H2,1-4H3. The van der Waals surface area contributed by atoms with E-state index in [-0.39, 0.29) is 6.61 Å². The third kappa shape index (κ3) is 4.23. The Morgan fingerprint density at radius 1 is 1.04 bits per heavy atom. The van der Waals surface area contributed by atoms with Gasteiger partial charge in [0.25, 0.3) is 0 Å². The number of benzene rings is 2. The largest absolute Gasteiger partial charge is 0.640 e. The molecule has 0 saturated carbocycles. The van der Waals surface area contributed by atoms with Crippen molar-refractivity contribution in [3.63, 3.8) is 0 Å². The van der Waals surface area contributed by atoms with Gasteiger partial charge in [-0.1, -0.05) is 0 Å². The van der Waals surface area contributed by atoms with Crippen LogP contribution in [0.25, 0.3) is 0 Å². The minimum absolute atomic E-state index is 0.152. The van der Waals surface area contributed by atoms with Gasteiger partial charge < -0.3 is 18.7 Å². The molecule has 0 atom stereocenters. The van der Waals surface area contributed by atoms with E-state index in [0.717, 1.165) is 0 Å². The molecule has 2 aromatic rings. The third-order valence-electron chi connectivity index (χ3n) is 5.00. The maximum atomic E-state index is 8.87. The van der Waals surface area contributed by atoms with Crippen molar-refractivity contribution >= 4 is 13.0 Å². The zero-order valence-electron chi connectivity index (χ0n) is 16.4. The fourth-order valence-electron chi connectivity index (χ4n) is 2.60. The Morgan fingerprint density at radius 3 is 2.21 bits per heavy atom. The predicted octanol–water partition coefficient (Wildman–Crippen LogP) is 5.12. The van der Waals surface area contributed by atoms with Crippen LogP contribution < -0.4 is 4.74 Å². The van der Waals surface area contributed by atoms with Crippen LogP contribution >= 0.6 is 0 Å². The molecule has 0 spiro atoms. The first kappa shape index (κ1) is 20.0. The molecule has 0 aliphatic carbocycles. The fourth-order valence-corrected chi connectivity index (χ4v) is 2.60. The summed E-state index contributed by atoms with van der Waals surface area (Å²) in [5, 5.41) is 12.4. The first-order chi connectivity index (χ1) is 13.2.